The first-order valence-corrected chi connectivity index (χ1v) is 8.65. The number of anilines is 1. The van der Waals surface area contributed by atoms with Gasteiger partial charge in [-0.3, -0.25) is 10.1 Å². The Labute approximate surface area is 149 Å². The molecule has 124 valence electrons. The fourth-order valence-electron chi connectivity index (χ4n) is 1.96. The van der Waals surface area contributed by atoms with Crippen molar-refractivity contribution in [2.24, 2.45) is 0 Å². The van der Waals surface area contributed by atoms with Crippen molar-refractivity contribution in [1.82, 2.24) is 4.98 Å². The van der Waals surface area contributed by atoms with Gasteiger partial charge in [-0.15, -0.1) is 22.7 Å². The minimum absolute atomic E-state index is 0.0861. The van der Waals surface area contributed by atoms with Crippen LogP contribution in [0.2, 0.25) is 0 Å². The lowest BCUT2D eigenvalue weighted by Crippen LogP contribution is -1.96. The molecule has 0 bridgehead atoms. The Morgan fingerprint density at radius 1 is 1.40 bits per heavy atom. The molecule has 0 spiro atoms. The molecule has 0 fully saturated rings. The zero-order valence-electron chi connectivity index (χ0n) is 12.5. The highest BCUT2D eigenvalue weighted by atomic mass is 32.1. The van der Waals surface area contributed by atoms with Crippen molar-refractivity contribution in [3.8, 4) is 16.6 Å². The van der Waals surface area contributed by atoms with Crippen molar-refractivity contribution in [2.45, 2.75) is 0 Å². The minimum Gasteiger partial charge on any atom is -0.358 e. The Bertz CT molecular complexity index is 990. The summed E-state index contributed by atoms with van der Waals surface area (Å²) in [6, 6.07) is 8.97. The Kier molecular flexibility index (Phi) is 4.83. The molecule has 2 heterocycles. The number of benzene rings is 1. The quantitative estimate of drug-likeness (QED) is 0.391. The van der Waals surface area contributed by atoms with Gasteiger partial charge in [-0.2, -0.15) is 5.26 Å². The van der Waals surface area contributed by atoms with Gasteiger partial charge in [0.25, 0.3) is 5.69 Å². The predicted octanol–water partition coefficient (Wildman–Crippen LogP) is 4.90. The van der Waals surface area contributed by atoms with Crippen LogP contribution in [0.1, 0.15) is 5.01 Å². The van der Waals surface area contributed by atoms with Crippen LogP contribution in [0, 0.1) is 27.3 Å². The minimum atomic E-state index is -0.655. The average Bonchev–Trinajstić information content (AvgIpc) is 3.28. The van der Waals surface area contributed by atoms with Crippen molar-refractivity contribution in [3.63, 3.8) is 0 Å². The summed E-state index contributed by atoms with van der Waals surface area (Å²) in [6.45, 7) is 0. The maximum Gasteiger partial charge on any atom is 0.271 e. The van der Waals surface area contributed by atoms with E-state index >= 15 is 0 Å². The molecule has 0 unspecified atom stereocenters. The summed E-state index contributed by atoms with van der Waals surface area (Å²) in [5, 5.41) is 26.9. The number of rotatable bonds is 5. The van der Waals surface area contributed by atoms with Crippen molar-refractivity contribution in [2.75, 3.05) is 5.32 Å². The van der Waals surface area contributed by atoms with E-state index in [4.69, 9.17) is 0 Å². The van der Waals surface area contributed by atoms with Crippen LogP contribution in [0.4, 0.5) is 15.8 Å². The molecule has 2 aromatic heterocycles. The highest BCUT2D eigenvalue weighted by Gasteiger charge is 2.12. The number of halogens is 1. The number of thiophene rings is 1. The van der Waals surface area contributed by atoms with Gasteiger partial charge in [0.1, 0.15) is 22.5 Å². The molecule has 0 atom stereocenters. The van der Waals surface area contributed by atoms with Crippen LogP contribution in [-0.4, -0.2) is 9.91 Å². The van der Waals surface area contributed by atoms with E-state index in [0.29, 0.717) is 5.01 Å². The fraction of sp³-hybridized carbons (Fsp3) is 0. The SMILES string of the molecule is N#C/C(=C/Nc1cc([N+](=O)[O-])ccc1F)c1nc(-c2cccs2)cs1. The molecule has 0 aliphatic heterocycles. The summed E-state index contributed by atoms with van der Waals surface area (Å²) in [5.41, 5.74) is 0.637. The Morgan fingerprint density at radius 2 is 2.24 bits per heavy atom. The maximum absolute atomic E-state index is 13.8. The lowest BCUT2D eigenvalue weighted by atomic mass is 10.2. The number of nitrogens with one attached hydrogen (secondary N) is 1. The number of allylic oxidation sites excluding steroid dienone is 1. The van der Waals surface area contributed by atoms with Crippen LogP contribution in [0.15, 0.2) is 47.3 Å². The first kappa shape index (κ1) is 16.8. The highest BCUT2D eigenvalue weighted by Crippen LogP contribution is 2.29. The molecule has 0 aliphatic carbocycles. The van der Waals surface area contributed by atoms with Crippen LogP contribution < -0.4 is 5.32 Å². The van der Waals surface area contributed by atoms with E-state index in [1.807, 2.05) is 29.0 Å². The van der Waals surface area contributed by atoms with E-state index in [1.165, 1.54) is 28.9 Å². The van der Waals surface area contributed by atoms with E-state index < -0.39 is 10.7 Å². The molecule has 3 aromatic rings. The van der Waals surface area contributed by atoms with Crippen LogP contribution in [0.5, 0.6) is 0 Å². The van der Waals surface area contributed by atoms with Crippen molar-refractivity contribution < 1.29 is 9.31 Å². The molecule has 0 radical (unpaired) electrons. The van der Waals surface area contributed by atoms with Crippen molar-refractivity contribution in [1.29, 1.82) is 5.26 Å². The van der Waals surface area contributed by atoms with Gasteiger partial charge in [-0.25, -0.2) is 9.37 Å². The van der Waals surface area contributed by atoms with Gasteiger partial charge < -0.3 is 5.32 Å². The molecule has 0 amide bonds. The van der Waals surface area contributed by atoms with E-state index in [9.17, 15) is 19.8 Å². The Balaban J connectivity index is 1.86. The van der Waals surface area contributed by atoms with Gasteiger partial charge in [0.05, 0.1) is 21.2 Å². The number of thiazole rings is 1. The van der Waals surface area contributed by atoms with E-state index in [2.05, 4.69) is 10.3 Å². The molecular formula is C16H9FN4O2S2. The number of aromatic nitrogens is 1. The molecule has 0 aliphatic rings. The zero-order chi connectivity index (χ0) is 17.8. The largest absolute Gasteiger partial charge is 0.358 e. The molecular weight excluding hydrogens is 363 g/mol. The van der Waals surface area contributed by atoms with Crippen LogP contribution >= 0.6 is 22.7 Å². The predicted molar refractivity (Wildman–Crippen MR) is 95.7 cm³/mol. The lowest BCUT2D eigenvalue weighted by molar-refractivity contribution is -0.384. The average molecular weight is 372 g/mol. The summed E-state index contributed by atoms with van der Waals surface area (Å²) in [4.78, 5) is 15.5. The van der Waals surface area contributed by atoms with Crippen LogP contribution in [-0.2, 0) is 0 Å². The second-order valence-electron chi connectivity index (χ2n) is 4.75. The molecule has 1 N–H and O–H groups in total. The number of nitro benzene ring substituents is 1. The van der Waals surface area contributed by atoms with E-state index in [0.717, 1.165) is 28.8 Å². The summed E-state index contributed by atoms with van der Waals surface area (Å²) in [5.74, 6) is -0.655. The third-order valence-electron chi connectivity index (χ3n) is 3.16. The summed E-state index contributed by atoms with van der Waals surface area (Å²) < 4.78 is 13.8. The summed E-state index contributed by atoms with van der Waals surface area (Å²) >= 11 is 2.83. The molecule has 0 saturated carbocycles. The fourth-order valence-corrected chi connectivity index (χ4v) is 3.51. The zero-order valence-corrected chi connectivity index (χ0v) is 14.1. The number of hydrogen-bond donors (Lipinski definition) is 1. The summed E-state index contributed by atoms with van der Waals surface area (Å²) in [6.07, 6.45) is 1.29. The lowest BCUT2D eigenvalue weighted by Gasteiger charge is -2.03. The van der Waals surface area contributed by atoms with Gasteiger partial charge in [0, 0.05) is 23.7 Å². The van der Waals surface area contributed by atoms with Crippen LogP contribution in [0.3, 0.4) is 0 Å². The molecule has 0 saturated heterocycles. The third kappa shape index (κ3) is 3.71. The second kappa shape index (κ2) is 7.21. The van der Waals surface area contributed by atoms with E-state index in [-0.39, 0.29) is 16.9 Å². The second-order valence-corrected chi connectivity index (χ2v) is 6.56. The first-order valence-electron chi connectivity index (χ1n) is 6.89. The Hall–Kier alpha value is -3.09. The number of nitrogens with zero attached hydrogens (tertiary/aromatic N) is 3. The van der Waals surface area contributed by atoms with Gasteiger partial charge in [0.15, 0.2) is 0 Å². The topological polar surface area (TPSA) is 91.8 Å². The standard InChI is InChI=1S/C16H9FN4O2S2/c17-12-4-3-11(21(22)23)6-13(12)19-8-10(7-18)16-20-14(9-25-16)15-2-1-5-24-15/h1-6,8-9,19H/b10-8-. The number of hydrogen-bond acceptors (Lipinski definition) is 7. The monoisotopic (exact) mass is 372 g/mol. The molecule has 9 heteroatoms. The first-order chi connectivity index (χ1) is 12.1. The molecule has 3 rings (SSSR count). The molecule has 1 aromatic carbocycles. The third-order valence-corrected chi connectivity index (χ3v) is 4.93. The molecule has 25 heavy (non-hydrogen) atoms. The van der Waals surface area contributed by atoms with Gasteiger partial charge in [-0.1, -0.05) is 6.07 Å². The van der Waals surface area contributed by atoms with Crippen molar-refractivity contribution in [3.05, 3.63) is 68.2 Å². The summed E-state index contributed by atoms with van der Waals surface area (Å²) in [7, 11) is 0. The van der Waals surface area contributed by atoms with Gasteiger partial charge in [0.2, 0.25) is 0 Å². The molecule has 6 nitrogen and oxygen atoms in total. The van der Waals surface area contributed by atoms with Crippen molar-refractivity contribution >= 4 is 39.6 Å². The van der Waals surface area contributed by atoms with Crippen LogP contribution in [0.25, 0.3) is 16.1 Å². The Morgan fingerprint density at radius 3 is 2.92 bits per heavy atom. The highest BCUT2D eigenvalue weighted by molar-refractivity contribution is 7.14. The smallest absolute Gasteiger partial charge is 0.271 e. The maximum atomic E-state index is 13.8. The van der Waals surface area contributed by atoms with Gasteiger partial charge in [-0.05, 0) is 17.5 Å². The van der Waals surface area contributed by atoms with E-state index in [1.54, 1.807) is 0 Å². The number of nitriles is 1. The van der Waals surface area contributed by atoms with Gasteiger partial charge >= 0.3 is 0 Å². The number of nitro groups is 1. The number of non-ortho nitro benzene ring substituents is 1. The normalized spacial score (nSPS) is 11.1.